The summed E-state index contributed by atoms with van der Waals surface area (Å²) in [6.07, 6.45) is 1.60. The van der Waals surface area contributed by atoms with E-state index in [0.29, 0.717) is 12.4 Å². The molecule has 0 aliphatic carbocycles. The number of hydrogen-bond donors (Lipinski definition) is 0. The first-order valence-electron chi connectivity index (χ1n) is 5.44. The van der Waals surface area contributed by atoms with E-state index in [1.165, 1.54) is 0 Å². The lowest BCUT2D eigenvalue weighted by Crippen LogP contribution is -2.62. The van der Waals surface area contributed by atoms with Crippen molar-refractivity contribution in [3.05, 3.63) is 17.5 Å². The third-order valence-electron chi connectivity index (χ3n) is 3.09. The molecule has 2 heterocycles. The first-order chi connectivity index (χ1) is 7.93. The molecule has 0 N–H and O–H groups in total. The van der Waals surface area contributed by atoms with E-state index >= 15 is 0 Å². The summed E-state index contributed by atoms with van der Waals surface area (Å²) in [5, 5.41) is 0.199. The van der Waals surface area contributed by atoms with Crippen molar-refractivity contribution < 1.29 is 4.79 Å². The fourth-order valence-electron chi connectivity index (χ4n) is 2.09. The first kappa shape index (κ1) is 12.1. The zero-order chi connectivity index (χ0) is 12.6. The summed E-state index contributed by atoms with van der Waals surface area (Å²) in [4.78, 5) is 23.8. The van der Waals surface area contributed by atoms with Crippen LogP contribution < -0.4 is 4.90 Å². The number of hydrogen-bond acceptors (Lipinski definition) is 4. The highest BCUT2D eigenvalue weighted by Crippen LogP contribution is 2.27. The van der Waals surface area contributed by atoms with Crippen LogP contribution in [-0.2, 0) is 4.79 Å². The van der Waals surface area contributed by atoms with Crippen molar-refractivity contribution in [1.82, 2.24) is 14.9 Å². The summed E-state index contributed by atoms with van der Waals surface area (Å²) < 4.78 is 0. The van der Waals surface area contributed by atoms with Gasteiger partial charge in [0.1, 0.15) is 11.4 Å². The number of aromatic nitrogens is 2. The van der Waals surface area contributed by atoms with Crippen molar-refractivity contribution in [2.24, 2.45) is 0 Å². The molecule has 1 aromatic rings. The quantitative estimate of drug-likeness (QED) is 0.707. The van der Waals surface area contributed by atoms with Gasteiger partial charge in [-0.3, -0.25) is 4.79 Å². The van der Waals surface area contributed by atoms with E-state index in [2.05, 4.69) is 9.97 Å². The highest BCUT2D eigenvalue weighted by molar-refractivity contribution is 6.28. The third kappa shape index (κ3) is 2.07. The van der Waals surface area contributed by atoms with Crippen molar-refractivity contribution in [1.29, 1.82) is 0 Å². The van der Waals surface area contributed by atoms with Crippen LogP contribution >= 0.6 is 11.6 Å². The number of carbonyl (C=O) groups excluding carboxylic acids is 1. The minimum Gasteiger partial charge on any atom is -0.342 e. The van der Waals surface area contributed by atoms with Crippen molar-refractivity contribution in [2.75, 3.05) is 25.0 Å². The normalized spacial score (nSPS) is 19.6. The minimum atomic E-state index is -0.606. The SMILES string of the molecule is CN1CCN(c2ccnc(Cl)n2)C(C)(C)C1=O. The zero-order valence-corrected chi connectivity index (χ0v) is 10.9. The largest absolute Gasteiger partial charge is 0.342 e. The number of piperazine rings is 1. The number of rotatable bonds is 1. The lowest BCUT2D eigenvalue weighted by atomic mass is 9.98. The number of likely N-dealkylation sites (N-methyl/N-ethyl adjacent to an activating group) is 1. The Morgan fingerprint density at radius 1 is 1.41 bits per heavy atom. The van der Waals surface area contributed by atoms with Gasteiger partial charge < -0.3 is 9.80 Å². The van der Waals surface area contributed by atoms with Crippen LogP contribution in [0.5, 0.6) is 0 Å². The molecule has 0 bridgehead atoms. The monoisotopic (exact) mass is 254 g/mol. The van der Waals surface area contributed by atoms with Crippen molar-refractivity contribution in [3.8, 4) is 0 Å². The molecule has 0 spiro atoms. The van der Waals surface area contributed by atoms with Gasteiger partial charge in [0.15, 0.2) is 0 Å². The predicted molar refractivity (Wildman–Crippen MR) is 66.1 cm³/mol. The average Bonchev–Trinajstić information content (AvgIpc) is 2.26. The van der Waals surface area contributed by atoms with Crippen molar-refractivity contribution in [3.63, 3.8) is 0 Å². The maximum atomic E-state index is 12.1. The van der Waals surface area contributed by atoms with Gasteiger partial charge in [-0.2, -0.15) is 0 Å². The van der Waals surface area contributed by atoms with Crippen molar-refractivity contribution >= 4 is 23.3 Å². The Balaban J connectivity index is 2.36. The molecule has 0 atom stereocenters. The summed E-state index contributed by atoms with van der Waals surface area (Å²) in [5.74, 6) is 0.773. The van der Waals surface area contributed by atoms with Gasteiger partial charge in [0.25, 0.3) is 0 Å². The molecule has 92 valence electrons. The molecule has 1 aliphatic rings. The zero-order valence-electron chi connectivity index (χ0n) is 10.1. The molecule has 5 nitrogen and oxygen atoms in total. The van der Waals surface area contributed by atoms with E-state index in [1.807, 2.05) is 25.8 Å². The lowest BCUT2D eigenvalue weighted by molar-refractivity contribution is -0.136. The highest BCUT2D eigenvalue weighted by atomic mass is 35.5. The smallest absolute Gasteiger partial charge is 0.247 e. The van der Waals surface area contributed by atoms with Crippen LogP contribution in [0.1, 0.15) is 13.8 Å². The average molecular weight is 255 g/mol. The number of nitrogens with zero attached hydrogens (tertiary/aromatic N) is 4. The van der Waals surface area contributed by atoms with Gasteiger partial charge >= 0.3 is 0 Å². The Labute approximate surface area is 105 Å². The van der Waals surface area contributed by atoms with Gasteiger partial charge in [0, 0.05) is 26.3 Å². The molecule has 17 heavy (non-hydrogen) atoms. The fourth-order valence-corrected chi connectivity index (χ4v) is 2.23. The Morgan fingerprint density at radius 2 is 2.12 bits per heavy atom. The molecular weight excluding hydrogens is 240 g/mol. The third-order valence-corrected chi connectivity index (χ3v) is 3.27. The van der Waals surface area contributed by atoms with Crippen LogP contribution in [0.2, 0.25) is 5.28 Å². The maximum absolute atomic E-state index is 12.1. The molecule has 0 aromatic carbocycles. The summed E-state index contributed by atoms with van der Waals surface area (Å²) in [6.45, 7) is 5.20. The Bertz CT molecular complexity index is 449. The van der Waals surface area contributed by atoms with Crippen LogP contribution in [0, 0.1) is 0 Å². The summed E-state index contributed by atoms with van der Waals surface area (Å²) >= 11 is 5.78. The van der Waals surface area contributed by atoms with Gasteiger partial charge in [-0.1, -0.05) is 0 Å². The van der Waals surface area contributed by atoms with Gasteiger partial charge in [-0.15, -0.1) is 0 Å². The summed E-state index contributed by atoms with van der Waals surface area (Å²) in [5.41, 5.74) is -0.606. The second-order valence-corrected chi connectivity index (χ2v) is 4.96. The number of halogens is 1. The maximum Gasteiger partial charge on any atom is 0.247 e. The molecule has 2 rings (SSSR count). The van der Waals surface area contributed by atoms with Gasteiger partial charge in [-0.05, 0) is 31.5 Å². The van der Waals surface area contributed by atoms with E-state index in [-0.39, 0.29) is 11.2 Å². The molecule has 0 unspecified atom stereocenters. The van der Waals surface area contributed by atoms with Crippen LogP contribution in [0.3, 0.4) is 0 Å². The molecule has 1 aromatic heterocycles. The molecule has 0 saturated carbocycles. The van der Waals surface area contributed by atoms with Gasteiger partial charge in [-0.25, -0.2) is 9.97 Å². The second kappa shape index (κ2) is 4.14. The van der Waals surface area contributed by atoms with Crippen LogP contribution in [0.25, 0.3) is 0 Å². The van der Waals surface area contributed by atoms with Crippen LogP contribution in [0.4, 0.5) is 5.82 Å². The Kier molecular flexibility index (Phi) is 2.95. The predicted octanol–water partition coefficient (Wildman–Crippen LogP) is 1.19. The molecule has 1 aliphatic heterocycles. The highest BCUT2D eigenvalue weighted by Gasteiger charge is 2.41. The van der Waals surface area contributed by atoms with E-state index in [1.54, 1.807) is 17.2 Å². The first-order valence-corrected chi connectivity index (χ1v) is 5.82. The fraction of sp³-hybridized carbons (Fsp3) is 0.545. The number of anilines is 1. The van der Waals surface area contributed by atoms with Crippen molar-refractivity contribution in [2.45, 2.75) is 19.4 Å². The number of carbonyl (C=O) groups is 1. The van der Waals surface area contributed by atoms with Gasteiger partial charge in [0.2, 0.25) is 11.2 Å². The van der Waals surface area contributed by atoms with E-state index in [4.69, 9.17) is 11.6 Å². The molecule has 1 amide bonds. The second-order valence-electron chi connectivity index (χ2n) is 4.62. The van der Waals surface area contributed by atoms with E-state index in [0.717, 1.165) is 6.54 Å². The standard InChI is InChI=1S/C11H15ClN4O/c1-11(2)9(17)15(3)6-7-16(11)8-4-5-13-10(12)14-8/h4-5H,6-7H2,1-3H3. The van der Waals surface area contributed by atoms with Crippen LogP contribution in [0.15, 0.2) is 12.3 Å². The van der Waals surface area contributed by atoms with E-state index < -0.39 is 5.54 Å². The minimum absolute atomic E-state index is 0.0819. The Morgan fingerprint density at radius 3 is 2.76 bits per heavy atom. The lowest BCUT2D eigenvalue weighted by Gasteiger charge is -2.45. The van der Waals surface area contributed by atoms with E-state index in [9.17, 15) is 4.79 Å². The molecule has 1 saturated heterocycles. The molecule has 0 radical (unpaired) electrons. The summed E-state index contributed by atoms with van der Waals surface area (Å²) in [6, 6.07) is 1.77. The Hall–Kier alpha value is -1.36. The summed E-state index contributed by atoms with van der Waals surface area (Å²) in [7, 11) is 1.81. The topological polar surface area (TPSA) is 49.3 Å². The number of amides is 1. The van der Waals surface area contributed by atoms with Crippen LogP contribution in [-0.4, -0.2) is 46.5 Å². The molecule has 6 heteroatoms. The van der Waals surface area contributed by atoms with Gasteiger partial charge in [0.05, 0.1) is 0 Å². The molecular formula is C11H15ClN4O. The molecule has 1 fully saturated rings.